The van der Waals surface area contributed by atoms with E-state index in [9.17, 15) is 4.79 Å². The molecular formula is C26H28N4O2S. The normalized spacial score (nSPS) is 21.1. The van der Waals surface area contributed by atoms with Crippen LogP contribution in [0, 0.1) is 0 Å². The molecule has 0 amide bonds. The number of benzene rings is 1. The van der Waals surface area contributed by atoms with Crippen molar-refractivity contribution in [3.05, 3.63) is 83.9 Å². The summed E-state index contributed by atoms with van der Waals surface area (Å²) in [5.41, 5.74) is 3.35. The lowest BCUT2D eigenvalue weighted by Gasteiger charge is -2.37. The minimum Gasteiger partial charge on any atom is -0.465 e. The van der Waals surface area contributed by atoms with E-state index in [4.69, 9.17) is 17.0 Å². The Labute approximate surface area is 199 Å². The number of esters is 1. The van der Waals surface area contributed by atoms with Crippen LogP contribution in [-0.4, -0.2) is 38.7 Å². The molecule has 0 unspecified atom stereocenters. The Hall–Kier alpha value is -3.19. The van der Waals surface area contributed by atoms with E-state index >= 15 is 0 Å². The number of thiocarbonyl (C=S) groups is 1. The van der Waals surface area contributed by atoms with Gasteiger partial charge in [0.2, 0.25) is 0 Å². The third kappa shape index (κ3) is 4.02. The molecule has 2 fully saturated rings. The molecule has 1 saturated heterocycles. The predicted octanol–water partition coefficient (Wildman–Crippen LogP) is 4.96. The van der Waals surface area contributed by atoms with Crippen molar-refractivity contribution in [3.8, 4) is 5.69 Å². The number of nitrogens with zero attached hydrogens (tertiary/aromatic N) is 3. The van der Waals surface area contributed by atoms with Gasteiger partial charge in [0, 0.05) is 24.1 Å². The van der Waals surface area contributed by atoms with E-state index in [0.717, 1.165) is 35.0 Å². The zero-order valence-electron chi connectivity index (χ0n) is 18.7. The van der Waals surface area contributed by atoms with Gasteiger partial charge in [0.15, 0.2) is 5.11 Å². The van der Waals surface area contributed by atoms with Gasteiger partial charge in [-0.2, -0.15) is 0 Å². The lowest BCUT2D eigenvalue weighted by molar-refractivity contribution is 0.0600. The van der Waals surface area contributed by atoms with Crippen molar-refractivity contribution in [2.45, 2.75) is 50.2 Å². The minimum atomic E-state index is -0.351. The van der Waals surface area contributed by atoms with Crippen LogP contribution in [0.1, 0.15) is 65.9 Å². The maximum atomic E-state index is 12.5. The Morgan fingerprint density at radius 1 is 1.06 bits per heavy atom. The fourth-order valence-corrected chi connectivity index (χ4v) is 5.64. The Morgan fingerprint density at radius 2 is 1.85 bits per heavy atom. The molecule has 2 aromatic heterocycles. The summed E-state index contributed by atoms with van der Waals surface area (Å²) in [6.45, 7) is 0. The molecule has 7 heteroatoms. The van der Waals surface area contributed by atoms with E-state index in [2.05, 4.69) is 25.8 Å². The number of hydrogen-bond acceptors (Lipinski definition) is 4. The number of para-hydroxylation sites is 1. The first kappa shape index (κ1) is 21.6. The minimum absolute atomic E-state index is 0.0452. The van der Waals surface area contributed by atoms with Gasteiger partial charge in [-0.3, -0.25) is 4.98 Å². The predicted molar refractivity (Wildman–Crippen MR) is 131 cm³/mol. The zero-order chi connectivity index (χ0) is 22.8. The Kier molecular flexibility index (Phi) is 6.13. The fraction of sp³-hybridized carbons (Fsp3) is 0.346. The van der Waals surface area contributed by atoms with Crippen LogP contribution < -0.4 is 5.32 Å². The standard InChI is InChI=1S/C26H28N4O2S/c1-32-25(31)19-12-5-6-14-21(19)29-17-9-15-22(29)24-23(20-13-7-8-16-27-20)28-26(33)30(24)18-10-3-2-4-11-18/h5-9,12-18,23-24H,2-4,10-11H2,1H3,(H,28,33)/t23-,24-/m0/s1. The molecule has 2 aliphatic rings. The van der Waals surface area contributed by atoms with Gasteiger partial charge in [0.1, 0.15) is 0 Å². The van der Waals surface area contributed by atoms with Crippen LogP contribution in [0.5, 0.6) is 0 Å². The van der Waals surface area contributed by atoms with Gasteiger partial charge in [-0.1, -0.05) is 37.5 Å². The van der Waals surface area contributed by atoms with Gasteiger partial charge in [-0.25, -0.2) is 4.79 Å². The summed E-state index contributed by atoms with van der Waals surface area (Å²) in [4.78, 5) is 19.6. The molecule has 1 aliphatic heterocycles. The molecule has 3 aromatic rings. The lowest BCUT2D eigenvalue weighted by atomic mass is 9.91. The van der Waals surface area contributed by atoms with Crippen molar-refractivity contribution in [2.24, 2.45) is 0 Å². The summed E-state index contributed by atoms with van der Waals surface area (Å²) >= 11 is 5.90. The van der Waals surface area contributed by atoms with Crippen molar-refractivity contribution >= 4 is 23.3 Å². The van der Waals surface area contributed by atoms with Crippen molar-refractivity contribution in [3.63, 3.8) is 0 Å². The topological polar surface area (TPSA) is 59.4 Å². The first-order valence-electron chi connectivity index (χ1n) is 11.5. The third-order valence-electron chi connectivity index (χ3n) is 6.76. The molecule has 5 rings (SSSR count). The molecule has 33 heavy (non-hydrogen) atoms. The van der Waals surface area contributed by atoms with E-state index in [1.54, 1.807) is 6.07 Å². The molecule has 0 radical (unpaired) electrons. The average Bonchev–Trinajstić information content (AvgIpc) is 3.48. The van der Waals surface area contributed by atoms with Gasteiger partial charge in [0.25, 0.3) is 0 Å². The second-order valence-corrected chi connectivity index (χ2v) is 9.02. The Morgan fingerprint density at radius 3 is 2.61 bits per heavy atom. The number of methoxy groups -OCH3 is 1. The summed E-state index contributed by atoms with van der Waals surface area (Å²) in [7, 11) is 1.41. The fourth-order valence-electron chi connectivity index (χ4n) is 5.26. The smallest absolute Gasteiger partial charge is 0.339 e. The van der Waals surface area contributed by atoms with Crippen molar-refractivity contribution in [1.82, 2.24) is 19.8 Å². The maximum Gasteiger partial charge on any atom is 0.339 e. The number of pyridine rings is 1. The van der Waals surface area contributed by atoms with Crippen LogP contribution in [0.25, 0.3) is 5.69 Å². The molecular weight excluding hydrogens is 432 g/mol. The number of aromatic nitrogens is 2. The molecule has 2 atom stereocenters. The number of nitrogens with one attached hydrogen (secondary N) is 1. The summed E-state index contributed by atoms with van der Waals surface area (Å²) in [5.74, 6) is -0.351. The highest BCUT2D eigenvalue weighted by molar-refractivity contribution is 7.80. The highest BCUT2D eigenvalue weighted by atomic mass is 32.1. The molecule has 0 spiro atoms. The summed E-state index contributed by atoms with van der Waals surface area (Å²) < 4.78 is 7.15. The largest absolute Gasteiger partial charge is 0.465 e. The van der Waals surface area contributed by atoms with E-state index in [1.807, 2.05) is 54.9 Å². The van der Waals surface area contributed by atoms with E-state index in [-0.39, 0.29) is 18.1 Å². The summed E-state index contributed by atoms with van der Waals surface area (Å²) in [6, 6.07) is 18.0. The first-order chi connectivity index (χ1) is 16.2. The Balaban J connectivity index is 1.63. The highest BCUT2D eigenvalue weighted by Gasteiger charge is 2.44. The van der Waals surface area contributed by atoms with Gasteiger partial charge in [-0.15, -0.1) is 0 Å². The maximum absolute atomic E-state index is 12.5. The number of carbonyl (C=O) groups excluding carboxylic acids is 1. The van der Waals surface area contributed by atoms with Crippen molar-refractivity contribution in [1.29, 1.82) is 0 Å². The average molecular weight is 461 g/mol. The monoisotopic (exact) mass is 460 g/mol. The quantitative estimate of drug-likeness (QED) is 0.429. The number of carbonyl (C=O) groups is 1. The summed E-state index contributed by atoms with van der Waals surface area (Å²) in [6.07, 6.45) is 9.81. The highest BCUT2D eigenvalue weighted by Crippen LogP contribution is 2.43. The third-order valence-corrected chi connectivity index (χ3v) is 7.08. The van der Waals surface area contributed by atoms with Crippen LogP contribution in [-0.2, 0) is 4.74 Å². The van der Waals surface area contributed by atoms with Crippen LogP contribution in [0.3, 0.4) is 0 Å². The van der Waals surface area contributed by atoms with E-state index < -0.39 is 0 Å². The number of ether oxygens (including phenoxy) is 1. The first-order valence-corrected chi connectivity index (χ1v) is 11.9. The summed E-state index contributed by atoms with van der Waals surface area (Å²) in [5, 5.41) is 4.35. The molecule has 1 aliphatic carbocycles. The van der Waals surface area contributed by atoms with Crippen molar-refractivity contribution in [2.75, 3.05) is 7.11 Å². The zero-order valence-corrected chi connectivity index (χ0v) is 19.5. The SMILES string of the molecule is COC(=O)c1ccccc1-n1cccc1[C@H]1[C@H](c2ccccn2)NC(=S)N1C1CCCCC1. The van der Waals surface area contributed by atoms with Crippen LogP contribution >= 0.6 is 12.2 Å². The molecule has 1 saturated carbocycles. The number of hydrogen-bond donors (Lipinski definition) is 1. The second-order valence-electron chi connectivity index (χ2n) is 8.64. The lowest BCUT2D eigenvalue weighted by Crippen LogP contribution is -2.40. The van der Waals surface area contributed by atoms with E-state index in [0.29, 0.717) is 11.6 Å². The van der Waals surface area contributed by atoms with Gasteiger partial charge in [0.05, 0.1) is 36.1 Å². The molecule has 1 aromatic carbocycles. The van der Waals surface area contributed by atoms with E-state index in [1.165, 1.54) is 26.4 Å². The molecule has 6 nitrogen and oxygen atoms in total. The molecule has 0 bridgehead atoms. The second kappa shape index (κ2) is 9.35. The van der Waals surface area contributed by atoms with Gasteiger partial charge < -0.3 is 19.5 Å². The number of rotatable bonds is 5. The van der Waals surface area contributed by atoms with Crippen LogP contribution in [0.15, 0.2) is 67.0 Å². The van der Waals surface area contributed by atoms with Crippen LogP contribution in [0.4, 0.5) is 0 Å². The van der Waals surface area contributed by atoms with Crippen molar-refractivity contribution < 1.29 is 9.53 Å². The Bertz CT molecular complexity index is 1140. The molecule has 170 valence electrons. The molecule has 1 N–H and O–H groups in total. The van der Waals surface area contributed by atoms with Crippen LogP contribution in [0.2, 0.25) is 0 Å². The molecule has 3 heterocycles. The van der Waals surface area contributed by atoms with Gasteiger partial charge in [-0.05, 0) is 61.5 Å². The van der Waals surface area contributed by atoms with Gasteiger partial charge >= 0.3 is 5.97 Å².